The molecular weight excluding hydrogens is 295 g/mol. The first kappa shape index (κ1) is 13.5. The summed E-state index contributed by atoms with van der Waals surface area (Å²) >= 11 is 4.38. The van der Waals surface area contributed by atoms with Crippen molar-refractivity contribution in [3.8, 4) is 0 Å². The van der Waals surface area contributed by atoms with Gasteiger partial charge in [-0.05, 0) is 40.2 Å². The van der Waals surface area contributed by atoms with E-state index in [4.69, 9.17) is 5.11 Å². The Balaban J connectivity index is 2.89. The fourth-order valence-electron chi connectivity index (χ4n) is 1.13. The summed E-state index contributed by atoms with van der Waals surface area (Å²) in [5.41, 5.74) is -0.0441. The topological polar surface area (TPSA) is 37.3 Å². The second-order valence-electron chi connectivity index (χ2n) is 3.25. The number of halogens is 2. The molecule has 0 aliphatic heterocycles. The fourth-order valence-corrected chi connectivity index (χ4v) is 2.83. The molecule has 88 valence electrons. The first-order valence-electron chi connectivity index (χ1n) is 4.92. The van der Waals surface area contributed by atoms with Gasteiger partial charge < -0.3 is 5.11 Å². The highest BCUT2D eigenvalue weighted by atomic mass is 79.9. The monoisotopic (exact) mass is 306 g/mol. The first-order chi connectivity index (χ1) is 7.57. The third-order valence-electron chi connectivity index (χ3n) is 2.03. The van der Waals surface area contributed by atoms with E-state index in [0.717, 1.165) is 18.6 Å². The molecule has 0 radical (unpaired) electrons. The maximum atomic E-state index is 13.7. The Morgan fingerprint density at radius 1 is 1.56 bits per heavy atom. The van der Waals surface area contributed by atoms with Gasteiger partial charge in [0.25, 0.3) is 0 Å². The normalized spacial score (nSPS) is 10.4. The molecule has 1 aromatic rings. The van der Waals surface area contributed by atoms with Crippen molar-refractivity contribution in [1.82, 2.24) is 0 Å². The van der Waals surface area contributed by atoms with Crippen molar-refractivity contribution in [2.24, 2.45) is 0 Å². The Hall–Kier alpha value is -0.550. The van der Waals surface area contributed by atoms with Gasteiger partial charge in [0.15, 0.2) is 5.82 Å². The summed E-state index contributed by atoms with van der Waals surface area (Å²) in [5, 5.41) is 8.79. The molecule has 0 amide bonds. The van der Waals surface area contributed by atoms with Crippen molar-refractivity contribution >= 4 is 33.7 Å². The number of carbonyl (C=O) groups is 1. The predicted octanol–water partition coefficient (Wildman–Crippen LogP) is 4.18. The Labute approximate surface area is 106 Å². The van der Waals surface area contributed by atoms with E-state index in [1.54, 1.807) is 0 Å². The van der Waals surface area contributed by atoms with E-state index in [1.807, 2.05) is 0 Å². The Morgan fingerprint density at radius 3 is 2.81 bits per heavy atom. The van der Waals surface area contributed by atoms with Gasteiger partial charge >= 0.3 is 5.97 Å². The van der Waals surface area contributed by atoms with Gasteiger partial charge in [-0.15, -0.1) is 11.8 Å². The molecule has 0 heterocycles. The van der Waals surface area contributed by atoms with Gasteiger partial charge in [0.1, 0.15) is 0 Å². The largest absolute Gasteiger partial charge is 0.478 e. The van der Waals surface area contributed by atoms with Crippen LogP contribution in [0.15, 0.2) is 21.5 Å². The number of carboxylic acids is 1. The minimum absolute atomic E-state index is 0.0292. The van der Waals surface area contributed by atoms with Crippen molar-refractivity contribution in [2.45, 2.75) is 24.7 Å². The minimum atomic E-state index is -1.13. The summed E-state index contributed by atoms with van der Waals surface area (Å²) in [5.74, 6) is -0.774. The third kappa shape index (κ3) is 3.22. The van der Waals surface area contributed by atoms with Crippen molar-refractivity contribution in [3.63, 3.8) is 0 Å². The summed E-state index contributed by atoms with van der Waals surface area (Å²) in [6.07, 6.45) is 2.07. The van der Waals surface area contributed by atoms with Gasteiger partial charge in [-0.25, -0.2) is 9.18 Å². The van der Waals surface area contributed by atoms with Crippen LogP contribution in [0.3, 0.4) is 0 Å². The van der Waals surface area contributed by atoms with Crippen LogP contribution in [-0.2, 0) is 0 Å². The molecule has 1 rings (SSSR count). The van der Waals surface area contributed by atoms with Crippen LogP contribution in [0.4, 0.5) is 4.39 Å². The van der Waals surface area contributed by atoms with Gasteiger partial charge in [0.05, 0.1) is 10.0 Å². The van der Waals surface area contributed by atoms with Gasteiger partial charge in [0, 0.05) is 4.90 Å². The molecule has 0 aliphatic rings. The minimum Gasteiger partial charge on any atom is -0.478 e. The summed E-state index contributed by atoms with van der Waals surface area (Å²) in [6, 6.07) is 2.94. The Morgan fingerprint density at radius 2 is 2.25 bits per heavy atom. The number of carboxylic acid groups (broad SMARTS) is 1. The van der Waals surface area contributed by atoms with Crippen LogP contribution >= 0.6 is 27.7 Å². The average molecular weight is 307 g/mol. The maximum absolute atomic E-state index is 13.7. The number of aromatic carboxylic acids is 1. The zero-order chi connectivity index (χ0) is 12.1. The average Bonchev–Trinajstić information content (AvgIpc) is 2.24. The van der Waals surface area contributed by atoms with E-state index in [0.29, 0.717) is 4.90 Å². The summed E-state index contributed by atoms with van der Waals surface area (Å²) in [7, 11) is 0. The SMILES string of the molecule is CCCCSc1ccc(C(=O)O)c(Br)c1F. The van der Waals surface area contributed by atoms with Crippen LogP contribution in [-0.4, -0.2) is 16.8 Å². The van der Waals surface area contributed by atoms with Crippen LogP contribution in [0, 0.1) is 5.82 Å². The molecule has 0 saturated heterocycles. The molecule has 5 heteroatoms. The van der Waals surface area contributed by atoms with Crippen molar-refractivity contribution in [1.29, 1.82) is 0 Å². The van der Waals surface area contributed by atoms with Gasteiger partial charge in [-0.1, -0.05) is 13.3 Å². The molecule has 0 spiro atoms. The van der Waals surface area contributed by atoms with Crippen molar-refractivity contribution in [3.05, 3.63) is 28.0 Å². The lowest BCUT2D eigenvalue weighted by Gasteiger charge is -2.06. The van der Waals surface area contributed by atoms with E-state index in [9.17, 15) is 9.18 Å². The zero-order valence-corrected chi connectivity index (χ0v) is 11.2. The van der Waals surface area contributed by atoms with Crippen LogP contribution in [0.5, 0.6) is 0 Å². The number of rotatable bonds is 5. The smallest absolute Gasteiger partial charge is 0.336 e. The van der Waals surface area contributed by atoms with Crippen molar-refractivity contribution < 1.29 is 14.3 Å². The molecule has 2 nitrogen and oxygen atoms in total. The molecule has 0 atom stereocenters. The second kappa shape index (κ2) is 6.25. The van der Waals surface area contributed by atoms with Crippen LogP contribution < -0.4 is 0 Å². The van der Waals surface area contributed by atoms with E-state index in [2.05, 4.69) is 22.9 Å². The first-order valence-corrected chi connectivity index (χ1v) is 6.69. The number of unbranched alkanes of at least 4 members (excludes halogenated alkanes) is 1. The van der Waals surface area contributed by atoms with Gasteiger partial charge in [0.2, 0.25) is 0 Å². The van der Waals surface area contributed by atoms with Crippen molar-refractivity contribution in [2.75, 3.05) is 5.75 Å². The molecule has 0 fully saturated rings. The Kier molecular flexibility index (Phi) is 5.28. The quantitative estimate of drug-likeness (QED) is 0.655. The number of hydrogen-bond donors (Lipinski definition) is 1. The molecule has 0 bridgehead atoms. The maximum Gasteiger partial charge on any atom is 0.336 e. The van der Waals surface area contributed by atoms with E-state index >= 15 is 0 Å². The van der Waals surface area contributed by atoms with E-state index in [-0.39, 0.29) is 10.0 Å². The third-order valence-corrected chi connectivity index (χ3v) is 3.93. The van der Waals surface area contributed by atoms with E-state index in [1.165, 1.54) is 23.9 Å². The number of benzene rings is 1. The number of thioether (sulfide) groups is 1. The summed E-state index contributed by atoms with van der Waals surface area (Å²) in [6.45, 7) is 2.07. The van der Waals surface area contributed by atoms with Crippen LogP contribution in [0.2, 0.25) is 0 Å². The fraction of sp³-hybridized carbons (Fsp3) is 0.364. The summed E-state index contributed by atoms with van der Waals surface area (Å²) in [4.78, 5) is 11.2. The lowest BCUT2D eigenvalue weighted by atomic mass is 10.2. The lowest BCUT2D eigenvalue weighted by molar-refractivity contribution is 0.0695. The highest BCUT2D eigenvalue weighted by Gasteiger charge is 2.15. The molecule has 1 N–H and O–H groups in total. The highest BCUT2D eigenvalue weighted by molar-refractivity contribution is 9.10. The van der Waals surface area contributed by atoms with Gasteiger partial charge in [-0.3, -0.25) is 0 Å². The van der Waals surface area contributed by atoms with E-state index < -0.39 is 11.8 Å². The molecule has 0 aromatic heterocycles. The zero-order valence-electron chi connectivity index (χ0n) is 8.80. The summed E-state index contributed by atoms with van der Waals surface area (Å²) < 4.78 is 13.7. The van der Waals surface area contributed by atoms with Crippen LogP contribution in [0.25, 0.3) is 0 Å². The second-order valence-corrected chi connectivity index (χ2v) is 5.18. The van der Waals surface area contributed by atoms with Gasteiger partial charge in [-0.2, -0.15) is 0 Å². The Bertz CT molecular complexity index is 396. The number of hydrogen-bond acceptors (Lipinski definition) is 2. The molecule has 0 saturated carbocycles. The molecule has 0 unspecified atom stereocenters. The predicted molar refractivity (Wildman–Crippen MR) is 66.7 cm³/mol. The molecular formula is C11H12BrFO2S. The molecule has 0 aliphatic carbocycles. The van der Waals surface area contributed by atoms with Crippen LogP contribution in [0.1, 0.15) is 30.1 Å². The highest BCUT2D eigenvalue weighted by Crippen LogP contribution is 2.30. The molecule has 1 aromatic carbocycles. The standard InChI is InChI=1S/C11H12BrFO2S/c1-2-3-6-16-8-5-4-7(11(14)15)9(12)10(8)13/h4-5H,2-3,6H2,1H3,(H,14,15). The lowest BCUT2D eigenvalue weighted by Crippen LogP contribution is -2.00. The molecule has 16 heavy (non-hydrogen) atoms.